The van der Waals surface area contributed by atoms with E-state index in [9.17, 15) is 13.2 Å². The molecular formula is C11H11Cl2NO4S. The number of carbonyl (C=O) groups excluding carboxylic acids is 1. The van der Waals surface area contributed by atoms with Gasteiger partial charge < -0.3 is 4.74 Å². The molecule has 0 saturated heterocycles. The lowest BCUT2D eigenvalue weighted by atomic mass is 10.4. The molecule has 0 bridgehead atoms. The fourth-order valence-corrected chi connectivity index (χ4v) is 3.07. The van der Waals surface area contributed by atoms with E-state index < -0.39 is 25.5 Å². The van der Waals surface area contributed by atoms with Gasteiger partial charge in [0.15, 0.2) is 5.03 Å². The first-order chi connectivity index (χ1) is 8.89. The molecule has 0 fully saturated rings. The highest BCUT2D eigenvalue weighted by Crippen LogP contribution is 2.24. The van der Waals surface area contributed by atoms with Crippen molar-refractivity contribution in [3.8, 4) is 0 Å². The first-order valence-electron chi connectivity index (χ1n) is 5.18. The molecule has 0 saturated carbocycles. The van der Waals surface area contributed by atoms with Crippen LogP contribution in [0.3, 0.4) is 0 Å². The van der Waals surface area contributed by atoms with Crippen LogP contribution in [0.15, 0.2) is 44.7 Å². The van der Waals surface area contributed by atoms with Gasteiger partial charge in [-0.1, -0.05) is 41.4 Å². The van der Waals surface area contributed by atoms with Gasteiger partial charge in [0.2, 0.25) is 9.84 Å². The summed E-state index contributed by atoms with van der Waals surface area (Å²) in [4.78, 5) is 11.2. The number of benzene rings is 1. The lowest BCUT2D eigenvalue weighted by Crippen LogP contribution is -2.28. The molecule has 1 aromatic rings. The zero-order chi connectivity index (χ0) is 14.5. The van der Waals surface area contributed by atoms with Crippen LogP contribution >= 0.6 is 23.2 Å². The van der Waals surface area contributed by atoms with Crippen molar-refractivity contribution in [2.24, 2.45) is 0 Å². The third-order valence-corrected chi connectivity index (χ3v) is 4.32. The van der Waals surface area contributed by atoms with E-state index >= 15 is 0 Å². The van der Waals surface area contributed by atoms with Gasteiger partial charge in [0.25, 0.3) is 0 Å². The van der Waals surface area contributed by atoms with E-state index in [1.54, 1.807) is 13.0 Å². The number of hydrogen-bond donors (Lipinski definition) is 1. The Morgan fingerprint density at radius 3 is 2.32 bits per heavy atom. The fourth-order valence-electron chi connectivity index (χ4n) is 1.19. The third kappa shape index (κ3) is 4.12. The predicted octanol–water partition coefficient (Wildman–Crippen LogP) is 2.81. The molecule has 0 radical (unpaired) electrons. The molecule has 1 aromatic carbocycles. The zero-order valence-electron chi connectivity index (χ0n) is 9.89. The average Bonchev–Trinajstić information content (AvgIpc) is 2.37. The molecule has 0 atom stereocenters. The van der Waals surface area contributed by atoms with Crippen molar-refractivity contribution in [1.29, 1.82) is 0 Å². The molecule has 0 spiro atoms. The highest BCUT2D eigenvalue weighted by Gasteiger charge is 2.25. The Morgan fingerprint density at radius 1 is 1.26 bits per heavy atom. The summed E-state index contributed by atoms with van der Waals surface area (Å²) in [5.74, 6) is 0. The molecule has 8 heteroatoms. The normalized spacial score (nSPS) is 10.7. The van der Waals surface area contributed by atoms with Crippen molar-refractivity contribution in [1.82, 2.24) is 5.32 Å². The Kier molecular flexibility index (Phi) is 5.65. The van der Waals surface area contributed by atoms with E-state index in [0.717, 1.165) is 0 Å². The van der Waals surface area contributed by atoms with E-state index in [-0.39, 0.29) is 11.5 Å². The number of rotatable bonds is 4. The molecule has 1 N–H and O–H groups in total. The number of ether oxygens (including phenoxy) is 1. The molecule has 0 unspecified atom stereocenters. The van der Waals surface area contributed by atoms with Crippen LogP contribution in [0.1, 0.15) is 6.92 Å². The van der Waals surface area contributed by atoms with Crippen LogP contribution in [0, 0.1) is 0 Å². The quantitative estimate of drug-likeness (QED) is 0.924. The van der Waals surface area contributed by atoms with E-state index in [4.69, 9.17) is 23.2 Å². The Morgan fingerprint density at radius 2 is 1.84 bits per heavy atom. The lowest BCUT2D eigenvalue weighted by Gasteiger charge is -2.10. The number of sulfone groups is 1. The third-order valence-electron chi connectivity index (χ3n) is 1.98. The van der Waals surface area contributed by atoms with Crippen molar-refractivity contribution in [2.45, 2.75) is 11.8 Å². The minimum absolute atomic E-state index is 0.0411. The number of amides is 1. The van der Waals surface area contributed by atoms with Gasteiger partial charge in [0, 0.05) is 0 Å². The summed E-state index contributed by atoms with van der Waals surface area (Å²) in [7, 11) is -4.01. The Labute approximate surface area is 121 Å². The first-order valence-corrected chi connectivity index (χ1v) is 7.42. The van der Waals surface area contributed by atoms with E-state index in [1.165, 1.54) is 24.3 Å². The average molecular weight is 324 g/mol. The summed E-state index contributed by atoms with van der Waals surface area (Å²) in [5, 5.41) is 1.41. The molecule has 1 rings (SSSR count). The maximum Gasteiger partial charge on any atom is 0.412 e. The van der Waals surface area contributed by atoms with Crippen molar-refractivity contribution >= 4 is 39.1 Å². The summed E-state index contributed by atoms with van der Waals surface area (Å²) < 4.78 is 28.4. The molecule has 0 aliphatic carbocycles. The monoisotopic (exact) mass is 323 g/mol. The molecule has 1 amide bonds. The number of alkyl carbamates (subject to hydrolysis) is 1. The Hall–Kier alpha value is -1.24. The lowest BCUT2D eigenvalue weighted by molar-refractivity contribution is 0.156. The second-order valence-electron chi connectivity index (χ2n) is 3.25. The van der Waals surface area contributed by atoms with Crippen LogP contribution < -0.4 is 5.32 Å². The second kappa shape index (κ2) is 6.79. The number of hydrogen-bond acceptors (Lipinski definition) is 4. The highest BCUT2D eigenvalue weighted by molar-refractivity contribution is 7.95. The molecule has 0 aromatic heterocycles. The van der Waals surface area contributed by atoms with Crippen molar-refractivity contribution in [3.63, 3.8) is 0 Å². The van der Waals surface area contributed by atoms with Gasteiger partial charge in [-0.2, -0.15) is 0 Å². The van der Waals surface area contributed by atoms with Crippen LogP contribution in [0.5, 0.6) is 0 Å². The zero-order valence-corrected chi connectivity index (χ0v) is 12.2. The molecule has 0 aliphatic heterocycles. The number of halogens is 2. The number of nitrogens with one attached hydrogen (secondary N) is 1. The summed E-state index contributed by atoms with van der Waals surface area (Å²) in [6.45, 7) is 1.67. The van der Waals surface area contributed by atoms with Crippen LogP contribution in [0.25, 0.3) is 0 Å². The smallest absolute Gasteiger partial charge is 0.412 e. The van der Waals surface area contributed by atoms with Crippen LogP contribution in [-0.2, 0) is 14.6 Å². The summed E-state index contributed by atoms with van der Waals surface area (Å²) in [5.41, 5.74) is 0. The van der Waals surface area contributed by atoms with Crippen molar-refractivity contribution in [3.05, 3.63) is 39.9 Å². The van der Waals surface area contributed by atoms with Crippen LogP contribution in [-0.4, -0.2) is 21.1 Å². The maximum absolute atomic E-state index is 12.2. The SMILES string of the molecule is CCOC(=O)NC(=C(Cl)Cl)S(=O)(=O)c1ccccc1. The molecule has 104 valence electrons. The minimum atomic E-state index is -4.01. The summed E-state index contributed by atoms with van der Waals surface area (Å²) >= 11 is 11.0. The molecule has 5 nitrogen and oxygen atoms in total. The molecule has 0 aliphatic rings. The highest BCUT2D eigenvalue weighted by atomic mass is 35.5. The summed E-state index contributed by atoms with van der Waals surface area (Å²) in [6, 6.07) is 7.45. The molecular weight excluding hydrogens is 313 g/mol. The van der Waals surface area contributed by atoms with E-state index in [1.807, 2.05) is 5.32 Å². The molecule has 19 heavy (non-hydrogen) atoms. The second-order valence-corrected chi connectivity index (χ2v) is 6.09. The predicted molar refractivity (Wildman–Crippen MR) is 72.5 cm³/mol. The van der Waals surface area contributed by atoms with Crippen molar-refractivity contribution < 1.29 is 17.9 Å². The summed E-state index contributed by atoms with van der Waals surface area (Å²) in [6.07, 6.45) is -0.948. The van der Waals surface area contributed by atoms with Gasteiger partial charge in [-0.3, -0.25) is 5.32 Å². The van der Waals surface area contributed by atoms with Gasteiger partial charge >= 0.3 is 6.09 Å². The van der Waals surface area contributed by atoms with Crippen LogP contribution in [0.2, 0.25) is 0 Å². The Balaban J connectivity index is 3.15. The topological polar surface area (TPSA) is 72.5 Å². The standard InChI is InChI=1S/C11H11Cl2NO4S/c1-2-18-11(15)14-10(9(12)13)19(16,17)8-6-4-3-5-7-8/h3-7H,2H2,1H3,(H,14,15). The maximum atomic E-state index is 12.2. The van der Waals surface area contributed by atoms with E-state index in [2.05, 4.69) is 4.74 Å². The number of carbonyl (C=O) groups is 1. The molecule has 0 heterocycles. The van der Waals surface area contributed by atoms with Gasteiger partial charge in [0.05, 0.1) is 11.5 Å². The largest absolute Gasteiger partial charge is 0.450 e. The van der Waals surface area contributed by atoms with Gasteiger partial charge in [-0.15, -0.1) is 0 Å². The van der Waals surface area contributed by atoms with Crippen LogP contribution in [0.4, 0.5) is 4.79 Å². The fraction of sp³-hybridized carbons (Fsp3) is 0.182. The van der Waals surface area contributed by atoms with Gasteiger partial charge in [-0.25, -0.2) is 13.2 Å². The minimum Gasteiger partial charge on any atom is -0.450 e. The Bertz CT molecular complexity index is 580. The van der Waals surface area contributed by atoms with Crippen molar-refractivity contribution in [2.75, 3.05) is 6.61 Å². The first kappa shape index (κ1) is 15.8. The van der Waals surface area contributed by atoms with E-state index in [0.29, 0.717) is 0 Å². The van der Waals surface area contributed by atoms with Gasteiger partial charge in [0.1, 0.15) is 4.49 Å². The van der Waals surface area contributed by atoms with Gasteiger partial charge in [-0.05, 0) is 19.1 Å².